The van der Waals surface area contributed by atoms with E-state index in [0.29, 0.717) is 30.2 Å². The number of rotatable bonds is 8. The molecule has 0 bridgehead atoms. The lowest BCUT2D eigenvalue weighted by Crippen LogP contribution is -2.54. The van der Waals surface area contributed by atoms with E-state index in [9.17, 15) is 9.90 Å². The number of terminal acetylenes is 1. The maximum absolute atomic E-state index is 12.8. The molecule has 1 aromatic rings. The zero-order valence-corrected chi connectivity index (χ0v) is 27.9. The van der Waals surface area contributed by atoms with E-state index in [4.69, 9.17) is 16.0 Å². The van der Waals surface area contributed by atoms with Gasteiger partial charge in [0.15, 0.2) is 6.61 Å². The SMILES string of the molecule is C#C[C@]1(O)CC[C@@H]2[C@@H]3CCC4=C/C(=N\OCC(=O)NCC[C@]5(c6ccccc6)CCO[C@H](C(C)C)C5)CC[C@]4(C)[C@@H]3CC[C@@]21C. The monoisotopic (exact) mass is 614 g/mol. The molecular weight excluding hydrogens is 560 g/mol. The Kier molecular flexibility index (Phi) is 9.00. The highest BCUT2D eigenvalue weighted by Crippen LogP contribution is 2.67. The minimum absolute atomic E-state index is 0.00000715. The second-order valence-corrected chi connectivity index (χ2v) is 15.7. The zero-order chi connectivity index (χ0) is 31.9. The van der Waals surface area contributed by atoms with E-state index in [2.05, 4.69) is 80.5 Å². The van der Waals surface area contributed by atoms with Gasteiger partial charge in [0.2, 0.25) is 0 Å². The van der Waals surface area contributed by atoms with Crippen LogP contribution in [0.4, 0.5) is 0 Å². The van der Waals surface area contributed by atoms with E-state index in [-0.39, 0.29) is 34.9 Å². The Balaban J connectivity index is 1.03. The van der Waals surface area contributed by atoms with Crippen LogP contribution in [0, 0.1) is 46.8 Å². The number of hydrogen-bond donors (Lipinski definition) is 2. The number of nitrogens with one attached hydrogen (secondary N) is 1. The molecule has 4 aliphatic carbocycles. The summed E-state index contributed by atoms with van der Waals surface area (Å²) in [4.78, 5) is 18.4. The van der Waals surface area contributed by atoms with Crippen molar-refractivity contribution in [2.24, 2.45) is 39.7 Å². The molecule has 0 spiro atoms. The number of allylic oxidation sites excluding steroid dienone is 2. The van der Waals surface area contributed by atoms with Crippen molar-refractivity contribution in [3.05, 3.63) is 47.5 Å². The lowest BCUT2D eigenvalue weighted by molar-refractivity contribution is -0.125. The van der Waals surface area contributed by atoms with Crippen LogP contribution in [0.3, 0.4) is 0 Å². The number of amides is 1. The summed E-state index contributed by atoms with van der Waals surface area (Å²) >= 11 is 0. The third-order valence-corrected chi connectivity index (χ3v) is 13.3. The van der Waals surface area contributed by atoms with Crippen LogP contribution in [0.5, 0.6) is 0 Å². The van der Waals surface area contributed by atoms with Gasteiger partial charge in [-0.05, 0) is 111 Å². The lowest BCUT2D eigenvalue weighted by atomic mass is 9.46. The maximum Gasteiger partial charge on any atom is 0.260 e. The van der Waals surface area contributed by atoms with Gasteiger partial charge in [-0.25, -0.2) is 0 Å². The summed E-state index contributed by atoms with van der Waals surface area (Å²) < 4.78 is 6.11. The average molecular weight is 615 g/mol. The number of fused-ring (bicyclic) bond motifs is 5. The Morgan fingerprint density at radius 1 is 1.11 bits per heavy atom. The minimum atomic E-state index is -0.958. The standard InChI is InChI=1S/C39H54N2O4/c1-6-39(43)19-16-33-31-13-12-29-24-30(14-17-36(29,4)32(31)15-18-37(33,39)5)41-45-26-35(42)40-22-20-38(28-10-8-7-9-11-28)21-23-44-34(25-38)27(2)3/h1,7-11,24,27,31-34,43H,12-23,25-26H2,2-5H3,(H,40,42)/b41-30-/t31-,32-,33-,34+,36+,37+,38+,39+/m1/s1. The van der Waals surface area contributed by atoms with Crippen molar-refractivity contribution in [1.29, 1.82) is 0 Å². The molecule has 1 heterocycles. The highest BCUT2D eigenvalue weighted by atomic mass is 16.6. The molecule has 5 aliphatic rings. The van der Waals surface area contributed by atoms with E-state index >= 15 is 0 Å². The van der Waals surface area contributed by atoms with E-state index in [1.54, 1.807) is 0 Å². The first-order chi connectivity index (χ1) is 21.5. The van der Waals surface area contributed by atoms with Gasteiger partial charge in [0.25, 0.3) is 5.91 Å². The molecule has 1 aliphatic heterocycles. The lowest BCUT2D eigenvalue weighted by Gasteiger charge is -2.58. The van der Waals surface area contributed by atoms with Gasteiger partial charge in [0.1, 0.15) is 5.60 Å². The highest BCUT2D eigenvalue weighted by molar-refractivity contribution is 5.96. The van der Waals surface area contributed by atoms with Gasteiger partial charge in [0.05, 0.1) is 11.8 Å². The predicted molar refractivity (Wildman–Crippen MR) is 178 cm³/mol. The second-order valence-electron chi connectivity index (χ2n) is 15.7. The van der Waals surface area contributed by atoms with Crippen LogP contribution in [-0.4, -0.2) is 48.2 Å². The van der Waals surface area contributed by atoms with Crippen molar-refractivity contribution >= 4 is 11.6 Å². The zero-order valence-electron chi connectivity index (χ0n) is 27.9. The second kappa shape index (κ2) is 12.5. The van der Waals surface area contributed by atoms with Crippen molar-refractivity contribution < 1.29 is 19.5 Å². The normalized spacial score (nSPS) is 40.1. The predicted octanol–water partition coefficient (Wildman–Crippen LogP) is 6.97. The van der Waals surface area contributed by atoms with Crippen LogP contribution in [0.25, 0.3) is 0 Å². The molecule has 244 valence electrons. The van der Waals surface area contributed by atoms with Crippen LogP contribution in [-0.2, 0) is 19.8 Å². The molecule has 0 radical (unpaired) electrons. The maximum atomic E-state index is 12.8. The Bertz CT molecular complexity index is 1350. The largest absolute Gasteiger partial charge is 0.385 e. The molecule has 45 heavy (non-hydrogen) atoms. The molecular formula is C39H54N2O4. The van der Waals surface area contributed by atoms with Crippen LogP contribution in [0.15, 0.2) is 47.1 Å². The fraction of sp³-hybridized carbons (Fsp3) is 0.692. The first-order valence-corrected chi connectivity index (χ1v) is 17.6. The Morgan fingerprint density at radius 3 is 2.64 bits per heavy atom. The van der Waals surface area contributed by atoms with Crippen molar-refractivity contribution in [3.63, 3.8) is 0 Å². The number of carbonyl (C=O) groups excluding carboxylic acids is 1. The first-order valence-electron chi connectivity index (χ1n) is 17.6. The molecule has 6 heteroatoms. The van der Waals surface area contributed by atoms with Crippen LogP contribution < -0.4 is 5.32 Å². The van der Waals surface area contributed by atoms with Crippen LogP contribution in [0.2, 0.25) is 0 Å². The molecule has 6 nitrogen and oxygen atoms in total. The number of benzene rings is 1. The molecule has 3 saturated carbocycles. The van der Waals surface area contributed by atoms with E-state index in [1.807, 2.05) is 0 Å². The number of ether oxygens (including phenoxy) is 1. The van der Waals surface area contributed by atoms with Gasteiger partial charge < -0.3 is 20.0 Å². The number of nitrogens with zero attached hydrogens (tertiary/aromatic N) is 1. The summed E-state index contributed by atoms with van der Waals surface area (Å²) in [6.07, 6.45) is 19.2. The number of oxime groups is 1. The number of hydrogen-bond acceptors (Lipinski definition) is 5. The summed E-state index contributed by atoms with van der Waals surface area (Å²) in [7, 11) is 0. The molecule has 1 saturated heterocycles. The van der Waals surface area contributed by atoms with Crippen molar-refractivity contribution in [2.75, 3.05) is 19.8 Å². The molecule has 1 aromatic carbocycles. The fourth-order valence-corrected chi connectivity index (χ4v) is 10.4. The highest BCUT2D eigenvalue weighted by Gasteiger charge is 2.63. The number of carbonyl (C=O) groups is 1. The quantitative estimate of drug-likeness (QED) is 0.245. The molecule has 2 N–H and O–H groups in total. The van der Waals surface area contributed by atoms with Gasteiger partial charge in [-0.2, -0.15) is 0 Å². The summed E-state index contributed by atoms with van der Waals surface area (Å²) in [6, 6.07) is 10.7. The summed E-state index contributed by atoms with van der Waals surface area (Å²) in [5.41, 5.74) is 2.80. The average Bonchev–Trinajstić information content (AvgIpc) is 3.32. The van der Waals surface area contributed by atoms with Crippen molar-refractivity contribution in [1.82, 2.24) is 5.32 Å². The van der Waals surface area contributed by atoms with Gasteiger partial charge >= 0.3 is 0 Å². The topological polar surface area (TPSA) is 80.2 Å². The molecule has 0 aromatic heterocycles. The summed E-state index contributed by atoms with van der Waals surface area (Å²) in [6.45, 7) is 10.4. The van der Waals surface area contributed by atoms with Gasteiger partial charge in [-0.3, -0.25) is 4.79 Å². The molecule has 6 rings (SSSR count). The molecule has 0 unspecified atom stereocenters. The molecule has 4 fully saturated rings. The minimum Gasteiger partial charge on any atom is -0.385 e. The van der Waals surface area contributed by atoms with Crippen LogP contribution in [0.1, 0.15) is 104 Å². The van der Waals surface area contributed by atoms with Crippen molar-refractivity contribution in [2.45, 2.75) is 115 Å². The fourth-order valence-electron chi connectivity index (χ4n) is 10.4. The van der Waals surface area contributed by atoms with E-state index in [1.165, 1.54) is 11.1 Å². The molecule has 1 amide bonds. The smallest absolute Gasteiger partial charge is 0.260 e. The number of aliphatic hydroxyl groups is 1. The third kappa shape index (κ3) is 5.78. The van der Waals surface area contributed by atoms with Gasteiger partial charge in [0, 0.05) is 24.0 Å². The summed E-state index contributed by atoms with van der Waals surface area (Å²) in [5, 5.41) is 18.8. The van der Waals surface area contributed by atoms with E-state index in [0.717, 1.165) is 82.9 Å². The van der Waals surface area contributed by atoms with Crippen molar-refractivity contribution in [3.8, 4) is 12.3 Å². The van der Waals surface area contributed by atoms with E-state index < -0.39 is 5.60 Å². The first kappa shape index (κ1) is 32.3. The Labute approximate surface area is 270 Å². The Hall–Kier alpha value is -2.62. The summed E-state index contributed by atoms with van der Waals surface area (Å²) in [5.74, 6) is 4.86. The van der Waals surface area contributed by atoms with Gasteiger partial charge in [-0.1, -0.05) is 74.7 Å². The Morgan fingerprint density at radius 2 is 1.89 bits per heavy atom. The van der Waals surface area contributed by atoms with Crippen LogP contribution >= 0.6 is 0 Å². The third-order valence-electron chi connectivity index (χ3n) is 13.3. The van der Waals surface area contributed by atoms with Gasteiger partial charge in [-0.15, -0.1) is 6.42 Å². The molecule has 8 atom stereocenters.